The lowest BCUT2D eigenvalue weighted by atomic mass is 9.98. The summed E-state index contributed by atoms with van der Waals surface area (Å²) in [6, 6.07) is 0. The van der Waals surface area contributed by atoms with Crippen LogP contribution in [-0.2, 0) is 4.79 Å². The van der Waals surface area contributed by atoms with E-state index in [9.17, 15) is 4.79 Å². The van der Waals surface area contributed by atoms with Gasteiger partial charge in [-0.2, -0.15) is 0 Å². The summed E-state index contributed by atoms with van der Waals surface area (Å²) in [4.78, 5) is 11.4. The van der Waals surface area contributed by atoms with E-state index in [4.69, 9.17) is 0 Å². The normalized spacial score (nSPS) is 17.9. The maximum Gasteiger partial charge on any atom is 0.233 e. The van der Waals surface area contributed by atoms with Gasteiger partial charge in [0, 0.05) is 6.54 Å². The molecule has 1 saturated carbocycles. The Hall–Kier alpha value is -0.570. The molecular formula is C12H24N2O. The molecule has 3 nitrogen and oxygen atoms in total. The zero-order chi connectivity index (χ0) is 11.3. The van der Waals surface area contributed by atoms with Crippen LogP contribution in [0.4, 0.5) is 0 Å². The van der Waals surface area contributed by atoms with Crippen molar-refractivity contribution in [1.82, 2.24) is 10.6 Å². The fraction of sp³-hybridized carbons (Fsp3) is 0.917. The van der Waals surface area contributed by atoms with Crippen molar-refractivity contribution in [1.29, 1.82) is 0 Å². The second kappa shape index (κ2) is 6.11. The number of rotatable bonds is 7. The van der Waals surface area contributed by atoms with Crippen molar-refractivity contribution in [2.75, 3.05) is 19.6 Å². The van der Waals surface area contributed by atoms with E-state index in [1.54, 1.807) is 0 Å². The first-order valence-electron chi connectivity index (χ1n) is 6.07. The summed E-state index contributed by atoms with van der Waals surface area (Å²) in [7, 11) is 0. The van der Waals surface area contributed by atoms with Crippen LogP contribution in [-0.4, -0.2) is 25.5 Å². The van der Waals surface area contributed by atoms with Gasteiger partial charge >= 0.3 is 0 Å². The highest BCUT2D eigenvalue weighted by Gasteiger charge is 2.21. The second-order valence-electron chi connectivity index (χ2n) is 5.10. The maximum absolute atomic E-state index is 11.4. The number of carbonyl (C=O) groups is 1. The molecule has 1 unspecified atom stereocenters. The minimum atomic E-state index is 0.137. The number of hydrogen-bond acceptors (Lipinski definition) is 2. The molecule has 1 atom stereocenters. The van der Waals surface area contributed by atoms with Crippen molar-refractivity contribution in [3.05, 3.63) is 0 Å². The molecule has 0 bridgehead atoms. The van der Waals surface area contributed by atoms with E-state index in [-0.39, 0.29) is 5.91 Å². The van der Waals surface area contributed by atoms with Crippen molar-refractivity contribution >= 4 is 5.91 Å². The molecule has 1 aliphatic carbocycles. The third-order valence-corrected chi connectivity index (χ3v) is 3.17. The van der Waals surface area contributed by atoms with Crippen LogP contribution in [0.3, 0.4) is 0 Å². The standard InChI is InChI=1S/C12H24N2O/c1-9(2)10(3)6-13-8-12(15)14-7-11-4-5-11/h9-11,13H,4-8H2,1-3H3,(H,14,15). The average Bonchev–Trinajstić information content (AvgIpc) is 2.97. The molecule has 0 heterocycles. The summed E-state index contributed by atoms with van der Waals surface area (Å²) in [5.74, 6) is 2.20. The van der Waals surface area contributed by atoms with Gasteiger partial charge in [-0.15, -0.1) is 0 Å². The first kappa shape index (κ1) is 12.5. The number of nitrogens with one attached hydrogen (secondary N) is 2. The highest BCUT2D eigenvalue weighted by molar-refractivity contribution is 5.77. The summed E-state index contributed by atoms with van der Waals surface area (Å²) in [5.41, 5.74) is 0. The lowest BCUT2D eigenvalue weighted by molar-refractivity contribution is -0.120. The largest absolute Gasteiger partial charge is 0.355 e. The monoisotopic (exact) mass is 212 g/mol. The Labute approximate surface area is 93.0 Å². The van der Waals surface area contributed by atoms with Gasteiger partial charge < -0.3 is 10.6 Å². The molecule has 1 rings (SSSR count). The first-order valence-corrected chi connectivity index (χ1v) is 6.07. The third-order valence-electron chi connectivity index (χ3n) is 3.17. The van der Waals surface area contributed by atoms with Crippen molar-refractivity contribution < 1.29 is 4.79 Å². The Balaban J connectivity index is 1.95. The van der Waals surface area contributed by atoms with Crippen LogP contribution in [0.5, 0.6) is 0 Å². The fourth-order valence-corrected chi connectivity index (χ4v) is 1.29. The quantitative estimate of drug-likeness (QED) is 0.669. The Morgan fingerprint density at radius 3 is 2.53 bits per heavy atom. The Morgan fingerprint density at radius 1 is 1.33 bits per heavy atom. The van der Waals surface area contributed by atoms with E-state index in [1.165, 1.54) is 12.8 Å². The van der Waals surface area contributed by atoms with Crippen molar-refractivity contribution in [2.24, 2.45) is 17.8 Å². The Bertz CT molecular complexity index is 200. The van der Waals surface area contributed by atoms with Gasteiger partial charge in [0.05, 0.1) is 6.54 Å². The van der Waals surface area contributed by atoms with Gasteiger partial charge in [-0.1, -0.05) is 20.8 Å². The van der Waals surface area contributed by atoms with E-state index >= 15 is 0 Å². The third kappa shape index (κ3) is 5.78. The molecule has 0 saturated heterocycles. The van der Waals surface area contributed by atoms with Gasteiger partial charge in [0.15, 0.2) is 0 Å². The highest BCUT2D eigenvalue weighted by Crippen LogP contribution is 2.27. The van der Waals surface area contributed by atoms with Crippen molar-refractivity contribution in [3.8, 4) is 0 Å². The van der Waals surface area contributed by atoms with Crippen molar-refractivity contribution in [2.45, 2.75) is 33.6 Å². The van der Waals surface area contributed by atoms with E-state index in [2.05, 4.69) is 31.4 Å². The highest BCUT2D eigenvalue weighted by atomic mass is 16.1. The van der Waals surface area contributed by atoms with Crippen LogP contribution < -0.4 is 10.6 Å². The predicted octanol–water partition coefficient (Wildman–Crippen LogP) is 1.39. The predicted molar refractivity (Wildman–Crippen MR) is 62.6 cm³/mol. The van der Waals surface area contributed by atoms with Crippen LogP contribution in [0.2, 0.25) is 0 Å². The summed E-state index contributed by atoms with van der Waals surface area (Å²) >= 11 is 0. The zero-order valence-corrected chi connectivity index (χ0v) is 10.2. The minimum absolute atomic E-state index is 0.137. The molecule has 1 amide bonds. The van der Waals surface area contributed by atoms with Gasteiger partial charge in [-0.25, -0.2) is 0 Å². The molecule has 0 aromatic carbocycles. The molecule has 2 N–H and O–H groups in total. The molecule has 0 aliphatic heterocycles. The van der Waals surface area contributed by atoms with E-state index in [0.717, 1.165) is 19.0 Å². The zero-order valence-electron chi connectivity index (χ0n) is 10.2. The molecule has 0 spiro atoms. The average molecular weight is 212 g/mol. The molecule has 3 heteroatoms. The Morgan fingerprint density at radius 2 is 2.00 bits per heavy atom. The number of amides is 1. The molecule has 1 aliphatic rings. The van der Waals surface area contributed by atoms with Crippen LogP contribution in [0.1, 0.15) is 33.6 Å². The van der Waals surface area contributed by atoms with Gasteiger partial charge in [-0.3, -0.25) is 4.79 Å². The van der Waals surface area contributed by atoms with Crippen LogP contribution in [0.25, 0.3) is 0 Å². The first-order chi connectivity index (χ1) is 7.09. The minimum Gasteiger partial charge on any atom is -0.355 e. The molecule has 1 fully saturated rings. The van der Waals surface area contributed by atoms with Crippen molar-refractivity contribution in [3.63, 3.8) is 0 Å². The van der Waals surface area contributed by atoms with E-state index in [1.807, 2.05) is 0 Å². The lowest BCUT2D eigenvalue weighted by Crippen LogP contribution is -2.37. The van der Waals surface area contributed by atoms with Crippen LogP contribution in [0.15, 0.2) is 0 Å². The van der Waals surface area contributed by atoms with E-state index < -0.39 is 0 Å². The summed E-state index contributed by atoms with van der Waals surface area (Å²) < 4.78 is 0. The summed E-state index contributed by atoms with van der Waals surface area (Å²) in [5, 5.41) is 6.14. The second-order valence-corrected chi connectivity index (χ2v) is 5.10. The van der Waals surface area contributed by atoms with Gasteiger partial charge in [0.2, 0.25) is 5.91 Å². The van der Waals surface area contributed by atoms with E-state index in [0.29, 0.717) is 18.4 Å². The smallest absolute Gasteiger partial charge is 0.233 e. The van der Waals surface area contributed by atoms with Crippen LogP contribution >= 0.6 is 0 Å². The lowest BCUT2D eigenvalue weighted by Gasteiger charge is -2.15. The topological polar surface area (TPSA) is 41.1 Å². The Kier molecular flexibility index (Phi) is 5.09. The van der Waals surface area contributed by atoms with Gasteiger partial charge in [0.1, 0.15) is 0 Å². The fourth-order valence-electron chi connectivity index (χ4n) is 1.29. The molecule has 0 aromatic rings. The molecule has 0 radical (unpaired) electrons. The molecular weight excluding hydrogens is 188 g/mol. The maximum atomic E-state index is 11.4. The molecule has 0 aromatic heterocycles. The van der Waals surface area contributed by atoms with Gasteiger partial charge in [0.25, 0.3) is 0 Å². The SMILES string of the molecule is CC(C)C(C)CNCC(=O)NCC1CC1. The van der Waals surface area contributed by atoms with Crippen LogP contribution in [0, 0.1) is 17.8 Å². The molecule has 88 valence electrons. The summed E-state index contributed by atoms with van der Waals surface area (Å²) in [6.07, 6.45) is 2.58. The number of carbonyl (C=O) groups excluding carboxylic acids is 1. The summed E-state index contributed by atoms with van der Waals surface area (Å²) in [6.45, 7) is 8.89. The number of hydrogen-bond donors (Lipinski definition) is 2. The molecule has 15 heavy (non-hydrogen) atoms. The van der Waals surface area contributed by atoms with Gasteiger partial charge in [-0.05, 0) is 37.1 Å².